The highest BCUT2D eigenvalue weighted by atomic mass is 16.7. The molecule has 98 valence electrons. The molecule has 1 aliphatic rings. The van der Waals surface area contributed by atoms with Gasteiger partial charge in [0.1, 0.15) is 0 Å². The Labute approximate surface area is 106 Å². The third-order valence-corrected chi connectivity index (χ3v) is 2.91. The number of aliphatic carboxylic acids is 1. The Morgan fingerprint density at radius 3 is 2.89 bits per heavy atom. The molecule has 1 unspecified atom stereocenters. The minimum atomic E-state index is -0.762. The number of fused-ring (bicyclic) bond motifs is 1. The van der Waals surface area contributed by atoms with Crippen LogP contribution in [0.4, 0.5) is 5.69 Å². The summed E-state index contributed by atoms with van der Waals surface area (Å²) in [4.78, 5) is 12.6. The Hall–Kier alpha value is -1.91. The molecule has 1 atom stereocenters. The molecule has 2 rings (SSSR count). The highest BCUT2D eigenvalue weighted by Crippen LogP contribution is 2.35. The molecule has 0 bridgehead atoms. The summed E-state index contributed by atoms with van der Waals surface area (Å²) in [7, 11) is 1.94. The van der Waals surface area contributed by atoms with E-state index in [1.165, 1.54) is 0 Å². The van der Waals surface area contributed by atoms with E-state index in [2.05, 4.69) is 0 Å². The maximum Gasteiger partial charge on any atom is 0.303 e. The molecule has 1 aromatic carbocycles. The van der Waals surface area contributed by atoms with E-state index >= 15 is 0 Å². The average molecular weight is 251 g/mol. The fourth-order valence-electron chi connectivity index (χ4n) is 2.06. The van der Waals surface area contributed by atoms with Gasteiger partial charge in [-0.25, -0.2) is 0 Å². The lowest BCUT2D eigenvalue weighted by molar-refractivity contribution is -0.137. The number of hydrogen-bond donors (Lipinski definition) is 1. The van der Waals surface area contributed by atoms with Crippen molar-refractivity contribution in [1.29, 1.82) is 0 Å². The van der Waals surface area contributed by atoms with Crippen LogP contribution in [0.1, 0.15) is 13.3 Å². The zero-order valence-corrected chi connectivity index (χ0v) is 10.5. The molecule has 5 nitrogen and oxygen atoms in total. The first-order valence-electron chi connectivity index (χ1n) is 5.89. The molecule has 0 aliphatic carbocycles. The fourth-order valence-corrected chi connectivity index (χ4v) is 2.06. The molecule has 0 saturated carbocycles. The molecule has 1 N–H and O–H groups in total. The van der Waals surface area contributed by atoms with Crippen LogP contribution >= 0.6 is 0 Å². The van der Waals surface area contributed by atoms with Crippen LogP contribution in [0.25, 0.3) is 0 Å². The second kappa shape index (κ2) is 5.16. The second-order valence-corrected chi connectivity index (χ2v) is 4.62. The van der Waals surface area contributed by atoms with E-state index in [1.807, 2.05) is 37.1 Å². The number of nitrogens with zero attached hydrogens (tertiary/aromatic N) is 1. The number of hydrogen-bond acceptors (Lipinski definition) is 4. The zero-order valence-electron chi connectivity index (χ0n) is 10.5. The Morgan fingerprint density at radius 2 is 2.17 bits per heavy atom. The van der Waals surface area contributed by atoms with Crippen LogP contribution in [0.2, 0.25) is 0 Å². The van der Waals surface area contributed by atoms with Gasteiger partial charge in [0.05, 0.1) is 0 Å². The van der Waals surface area contributed by atoms with Crippen molar-refractivity contribution in [3.8, 4) is 11.5 Å². The van der Waals surface area contributed by atoms with Crippen LogP contribution in [-0.4, -0.2) is 31.5 Å². The Balaban J connectivity index is 2.00. The number of carboxylic acid groups (broad SMARTS) is 1. The lowest BCUT2D eigenvalue weighted by Gasteiger charge is -2.22. The smallest absolute Gasteiger partial charge is 0.303 e. The summed E-state index contributed by atoms with van der Waals surface area (Å²) in [5.74, 6) is 0.829. The number of rotatable bonds is 5. The summed E-state index contributed by atoms with van der Waals surface area (Å²) in [6.45, 7) is 2.88. The van der Waals surface area contributed by atoms with Crippen LogP contribution < -0.4 is 14.4 Å². The zero-order chi connectivity index (χ0) is 13.1. The van der Waals surface area contributed by atoms with E-state index < -0.39 is 5.97 Å². The van der Waals surface area contributed by atoms with Crippen molar-refractivity contribution < 1.29 is 19.4 Å². The molecule has 0 aromatic heterocycles. The molecule has 0 fully saturated rings. The van der Waals surface area contributed by atoms with Crippen molar-refractivity contribution >= 4 is 11.7 Å². The maximum absolute atomic E-state index is 10.6. The van der Waals surface area contributed by atoms with Gasteiger partial charge in [-0.3, -0.25) is 4.79 Å². The van der Waals surface area contributed by atoms with Crippen molar-refractivity contribution in [2.45, 2.75) is 13.3 Å². The predicted molar refractivity (Wildman–Crippen MR) is 67.3 cm³/mol. The SMILES string of the molecule is CC(CC(=O)O)CN(C)c1ccc2c(c1)OCO2. The summed E-state index contributed by atoms with van der Waals surface area (Å²) in [5, 5.41) is 8.74. The summed E-state index contributed by atoms with van der Waals surface area (Å²) >= 11 is 0. The Morgan fingerprint density at radius 1 is 1.44 bits per heavy atom. The van der Waals surface area contributed by atoms with Crippen LogP contribution in [0.5, 0.6) is 11.5 Å². The van der Waals surface area contributed by atoms with Crippen molar-refractivity contribution in [2.75, 3.05) is 25.3 Å². The average Bonchev–Trinajstić information content (AvgIpc) is 2.74. The van der Waals surface area contributed by atoms with Gasteiger partial charge < -0.3 is 19.5 Å². The molecule has 18 heavy (non-hydrogen) atoms. The van der Waals surface area contributed by atoms with Gasteiger partial charge in [-0.05, 0) is 18.1 Å². The van der Waals surface area contributed by atoms with Gasteiger partial charge in [0.2, 0.25) is 6.79 Å². The van der Waals surface area contributed by atoms with Gasteiger partial charge in [-0.2, -0.15) is 0 Å². The highest BCUT2D eigenvalue weighted by molar-refractivity contribution is 5.67. The molecule has 5 heteroatoms. The van der Waals surface area contributed by atoms with Gasteiger partial charge in [-0.1, -0.05) is 6.92 Å². The molecular weight excluding hydrogens is 234 g/mol. The minimum Gasteiger partial charge on any atom is -0.481 e. The van der Waals surface area contributed by atoms with Crippen molar-refractivity contribution in [3.63, 3.8) is 0 Å². The van der Waals surface area contributed by atoms with E-state index in [1.54, 1.807) is 0 Å². The monoisotopic (exact) mass is 251 g/mol. The van der Waals surface area contributed by atoms with Crippen LogP contribution in [-0.2, 0) is 4.79 Å². The summed E-state index contributed by atoms with van der Waals surface area (Å²) in [6.07, 6.45) is 0.175. The standard InChI is InChI=1S/C13H17NO4/c1-9(5-13(15)16)7-14(2)10-3-4-11-12(6-10)18-8-17-11/h3-4,6,9H,5,7-8H2,1-2H3,(H,15,16). The lowest BCUT2D eigenvalue weighted by atomic mass is 10.1. The first-order valence-corrected chi connectivity index (χ1v) is 5.89. The van der Waals surface area contributed by atoms with E-state index in [-0.39, 0.29) is 19.1 Å². The number of carbonyl (C=O) groups is 1. The van der Waals surface area contributed by atoms with Gasteiger partial charge in [-0.15, -0.1) is 0 Å². The molecule has 1 heterocycles. The summed E-state index contributed by atoms with van der Waals surface area (Å²) in [6, 6.07) is 5.73. The number of carboxylic acids is 1. The lowest BCUT2D eigenvalue weighted by Crippen LogP contribution is -2.25. The Kier molecular flexibility index (Phi) is 3.60. The molecule has 1 aliphatic heterocycles. The predicted octanol–water partition coefficient (Wildman–Crippen LogP) is 1.96. The van der Waals surface area contributed by atoms with E-state index in [9.17, 15) is 4.79 Å². The van der Waals surface area contributed by atoms with Gasteiger partial charge in [0.15, 0.2) is 11.5 Å². The third-order valence-electron chi connectivity index (χ3n) is 2.91. The molecule has 0 spiro atoms. The molecule has 0 amide bonds. The van der Waals surface area contributed by atoms with Crippen LogP contribution in [0.15, 0.2) is 18.2 Å². The Bertz CT molecular complexity index is 447. The van der Waals surface area contributed by atoms with E-state index in [0.717, 1.165) is 17.2 Å². The minimum absolute atomic E-state index is 0.0953. The van der Waals surface area contributed by atoms with Crippen molar-refractivity contribution in [2.24, 2.45) is 5.92 Å². The second-order valence-electron chi connectivity index (χ2n) is 4.62. The highest BCUT2D eigenvalue weighted by Gasteiger charge is 2.16. The van der Waals surface area contributed by atoms with Crippen LogP contribution in [0.3, 0.4) is 0 Å². The molecule has 0 saturated heterocycles. The first kappa shape index (κ1) is 12.5. The van der Waals surface area contributed by atoms with Crippen molar-refractivity contribution in [3.05, 3.63) is 18.2 Å². The normalized spacial score (nSPS) is 14.3. The summed E-state index contributed by atoms with van der Waals surface area (Å²) in [5.41, 5.74) is 0.997. The quantitative estimate of drug-likeness (QED) is 0.867. The molecule has 0 radical (unpaired) electrons. The third kappa shape index (κ3) is 2.85. The fraction of sp³-hybridized carbons (Fsp3) is 0.462. The number of ether oxygens (including phenoxy) is 2. The number of anilines is 1. The van der Waals surface area contributed by atoms with Gasteiger partial charge >= 0.3 is 5.97 Å². The molecule has 1 aromatic rings. The number of benzene rings is 1. The summed E-state index contributed by atoms with van der Waals surface area (Å²) < 4.78 is 10.6. The first-order chi connectivity index (χ1) is 8.56. The maximum atomic E-state index is 10.6. The van der Waals surface area contributed by atoms with Gasteiger partial charge in [0.25, 0.3) is 0 Å². The largest absolute Gasteiger partial charge is 0.481 e. The van der Waals surface area contributed by atoms with Gasteiger partial charge in [0, 0.05) is 31.8 Å². The van der Waals surface area contributed by atoms with Crippen LogP contribution in [0, 0.1) is 5.92 Å². The van der Waals surface area contributed by atoms with Crippen molar-refractivity contribution in [1.82, 2.24) is 0 Å². The van der Waals surface area contributed by atoms with E-state index in [4.69, 9.17) is 14.6 Å². The van der Waals surface area contributed by atoms with E-state index in [0.29, 0.717) is 6.54 Å². The molecular formula is C13H17NO4. The topological polar surface area (TPSA) is 59.0 Å².